The number of hydrogen-bond donors (Lipinski definition) is 0. The van der Waals surface area contributed by atoms with Gasteiger partial charge in [0.25, 0.3) is 0 Å². The summed E-state index contributed by atoms with van der Waals surface area (Å²) in [6.45, 7) is 16.0. The van der Waals surface area contributed by atoms with E-state index >= 15 is 0 Å². The molecule has 0 aliphatic rings. The lowest BCUT2D eigenvalue weighted by molar-refractivity contribution is -0.114. The molecule has 7 heteroatoms. The number of hydrogen-bond acceptors (Lipinski definition) is 7. The zero-order valence-corrected chi connectivity index (χ0v) is 21.5. The number of ether oxygens (including phenoxy) is 5. The van der Waals surface area contributed by atoms with E-state index < -0.39 is 5.97 Å². The summed E-state index contributed by atoms with van der Waals surface area (Å²) in [7, 11) is 0. The van der Waals surface area contributed by atoms with E-state index in [2.05, 4.69) is 13.2 Å². The molecule has 0 spiro atoms. The van der Waals surface area contributed by atoms with Gasteiger partial charge in [-0.05, 0) is 50.3 Å². The van der Waals surface area contributed by atoms with Gasteiger partial charge >= 0.3 is 5.97 Å². The molecule has 0 bridgehead atoms. The van der Waals surface area contributed by atoms with E-state index in [-0.39, 0.29) is 49.1 Å². The topological polar surface area (TPSA) is 80.3 Å². The molecule has 0 aliphatic carbocycles. The van der Waals surface area contributed by atoms with Crippen LogP contribution in [0, 0.1) is 5.92 Å². The maximum absolute atomic E-state index is 13.4. The van der Waals surface area contributed by atoms with Crippen LogP contribution in [0.5, 0.6) is 11.5 Å². The SMILES string of the molecule is C=CCCC=CC(=O)Cc1cc(OCOCC)cc(OCOCC)c1C(=O)O[C@@H](CC=C)C(C)C. The zero-order chi connectivity index (χ0) is 26.1. The van der Waals surface area contributed by atoms with Gasteiger partial charge in [0.15, 0.2) is 19.4 Å². The van der Waals surface area contributed by atoms with Crippen LogP contribution in [0.15, 0.2) is 49.6 Å². The first-order chi connectivity index (χ1) is 16.9. The second-order valence-corrected chi connectivity index (χ2v) is 8.09. The molecule has 0 unspecified atom stereocenters. The van der Waals surface area contributed by atoms with E-state index in [1.54, 1.807) is 30.4 Å². The van der Waals surface area contributed by atoms with Gasteiger partial charge in [-0.3, -0.25) is 4.79 Å². The van der Waals surface area contributed by atoms with E-state index in [0.717, 1.165) is 6.42 Å². The Morgan fingerprint density at radius 3 is 2.26 bits per heavy atom. The molecule has 0 amide bonds. The third kappa shape index (κ3) is 11.4. The molecule has 1 rings (SSSR count). The first kappa shape index (κ1) is 30.1. The van der Waals surface area contributed by atoms with Crippen molar-refractivity contribution >= 4 is 11.8 Å². The molecular weight excluding hydrogens is 448 g/mol. The molecule has 0 saturated heterocycles. The lowest BCUT2D eigenvalue weighted by Crippen LogP contribution is -2.25. The first-order valence-electron chi connectivity index (χ1n) is 12.1. The summed E-state index contributed by atoms with van der Waals surface area (Å²) in [4.78, 5) is 26.1. The van der Waals surface area contributed by atoms with Crippen LogP contribution in [0.3, 0.4) is 0 Å². The van der Waals surface area contributed by atoms with Gasteiger partial charge in [0.1, 0.15) is 23.2 Å². The Morgan fingerprint density at radius 2 is 1.66 bits per heavy atom. The van der Waals surface area contributed by atoms with Crippen LogP contribution < -0.4 is 9.47 Å². The lowest BCUT2D eigenvalue weighted by Gasteiger charge is -2.22. The van der Waals surface area contributed by atoms with Gasteiger partial charge in [-0.2, -0.15) is 0 Å². The van der Waals surface area contributed by atoms with Crippen molar-refractivity contribution in [1.82, 2.24) is 0 Å². The molecule has 0 saturated carbocycles. The third-order valence-electron chi connectivity index (χ3n) is 4.98. The number of esters is 1. The second kappa shape index (κ2) is 17.5. The van der Waals surface area contributed by atoms with Crippen molar-refractivity contribution in [3.63, 3.8) is 0 Å². The summed E-state index contributed by atoms with van der Waals surface area (Å²) in [6.07, 6.45) is 8.42. The van der Waals surface area contributed by atoms with Crippen LogP contribution in [0.4, 0.5) is 0 Å². The predicted molar refractivity (Wildman–Crippen MR) is 137 cm³/mol. The number of benzene rings is 1. The number of ketones is 1. The Hall–Kier alpha value is -2.90. The summed E-state index contributed by atoms with van der Waals surface area (Å²) in [5.74, 6) is -0.0287. The molecule has 0 N–H and O–H groups in total. The number of allylic oxidation sites excluding steroid dienone is 3. The van der Waals surface area contributed by atoms with Crippen molar-refractivity contribution in [3.8, 4) is 11.5 Å². The van der Waals surface area contributed by atoms with Gasteiger partial charge < -0.3 is 23.7 Å². The van der Waals surface area contributed by atoms with Gasteiger partial charge in [0.2, 0.25) is 0 Å². The average molecular weight is 489 g/mol. The van der Waals surface area contributed by atoms with Crippen LogP contribution >= 0.6 is 0 Å². The van der Waals surface area contributed by atoms with Gasteiger partial charge in [-0.25, -0.2) is 4.79 Å². The van der Waals surface area contributed by atoms with Crippen molar-refractivity contribution in [2.24, 2.45) is 5.92 Å². The molecule has 1 atom stereocenters. The maximum Gasteiger partial charge on any atom is 0.342 e. The fourth-order valence-corrected chi connectivity index (χ4v) is 3.09. The summed E-state index contributed by atoms with van der Waals surface area (Å²) in [6, 6.07) is 3.23. The quantitative estimate of drug-likeness (QED) is 0.0797. The summed E-state index contributed by atoms with van der Waals surface area (Å²) in [5, 5.41) is 0. The average Bonchev–Trinajstić information content (AvgIpc) is 2.81. The molecule has 194 valence electrons. The molecule has 1 aromatic rings. The molecule has 0 fully saturated rings. The fraction of sp³-hybridized carbons (Fsp3) is 0.500. The fourth-order valence-electron chi connectivity index (χ4n) is 3.09. The Balaban J connectivity index is 3.41. The highest BCUT2D eigenvalue weighted by Gasteiger charge is 2.26. The minimum absolute atomic E-state index is 0.0226. The monoisotopic (exact) mass is 488 g/mol. The highest BCUT2D eigenvalue weighted by atomic mass is 16.7. The Morgan fingerprint density at radius 1 is 0.971 bits per heavy atom. The Kier molecular flexibility index (Phi) is 15.1. The van der Waals surface area contributed by atoms with Crippen LogP contribution in [0.25, 0.3) is 0 Å². The molecule has 0 aromatic heterocycles. The summed E-state index contributed by atoms with van der Waals surface area (Å²) >= 11 is 0. The smallest absolute Gasteiger partial charge is 0.342 e. The minimum atomic E-state index is -0.577. The molecule has 7 nitrogen and oxygen atoms in total. The highest BCUT2D eigenvalue weighted by Crippen LogP contribution is 2.32. The Bertz CT molecular complexity index is 842. The number of carbonyl (C=O) groups excluding carboxylic acids is 2. The normalized spacial score (nSPS) is 11.9. The largest absolute Gasteiger partial charge is 0.467 e. The van der Waals surface area contributed by atoms with Crippen molar-refractivity contribution < 1.29 is 33.3 Å². The zero-order valence-electron chi connectivity index (χ0n) is 21.5. The molecular formula is C28H40O7. The standard InChI is InChI=1S/C28H40O7/c1-7-11-12-13-15-23(29)16-22-17-24(33-19-31-9-3)18-26(34-20-32-10-4)27(22)28(30)35-25(14-8-2)21(5)6/h7-8,13,15,17-18,21,25H,1-2,9-12,14,16,19-20H2,3-6H3/t25-/m0/s1. The van der Waals surface area contributed by atoms with E-state index in [0.29, 0.717) is 37.4 Å². The predicted octanol–water partition coefficient (Wildman–Crippen LogP) is 5.82. The van der Waals surface area contributed by atoms with E-state index in [9.17, 15) is 9.59 Å². The number of unbranched alkanes of at least 4 members (excludes halogenated alkanes) is 1. The van der Waals surface area contributed by atoms with Crippen molar-refractivity contribution in [1.29, 1.82) is 0 Å². The van der Waals surface area contributed by atoms with Gasteiger partial charge in [-0.15, -0.1) is 13.2 Å². The van der Waals surface area contributed by atoms with Crippen molar-refractivity contribution in [2.75, 3.05) is 26.8 Å². The van der Waals surface area contributed by atoms with Crippen molar-refractivity contribution in [2.45, 2.75) is 59.5 Å². The molecule has 0 radical (unpaired) electrons. The molecule has 1 aromatic carbocycles. The van der Waals surface area contributed by atoms with Crippen LogP contribution in [-0.2, 0) is 25.4 Å². The van der Waals surface area contributed by atoms with Crippen LogP contribution in [0.2, 0.25) is 0 Å². The lowest BCUT2D eigenvalue weighted by atomic mass is 9.99. The molecule has 0 aliphatic heterocycles. The van der Waals surface area contributed by atoms with Gasteiger partial charge in [0, 0.05) is 32.1 Å². The molecule has 35 heavy (non-hydrogen) atoms. The van der Waals surface area contributed by atoms with E-state index in [4.69, 9.17) is 23.7 Å². The summed E-state index contributed by atoms with van der Waals surface area (Å²) in [5.41, 5.74) is 0.617. The third-order valence-corrected chi connectivity index (χ3v) is 4.98. The number of rotatable bonds is 19. The highest BCUT2D eigenvalue weighted by molar-refractivity contribution is 5.98. The second-order valence-electron chi connectivity index (χ2n) is 8.09. The molecule has 0 heterocycles. The van der Waals surface area contributed by atoms with Crippen molar-refractivity contribution in [3.05, 3.63) is 60.7 Å². The first-order valence-corrected chi connectivity index (χ1v) is 12.1. The van der Waals surface area contributed by atoms with Crippen LogP contribution in [-0.4, -0.2) is 44.7 Å². The van der Waals surface area contributed by atoms with E-state index in [1.807, 2.05) is 27.7 Å². The Labute approximate surface area is 209 Å². The summed E-state index contributed by atoms with van der Waals surface area (Å²) < 4.78 is 27.9. The minimum Gasteiger partial charge on any atom is -0.467 e. The van der Waals surface area contributed by atoms with Gasteiger partial charge in [-0.1, -0.05) is 32.1 Å². The van der Waals surface area contributed by atoms with Crippen LogP contribution in [0.1, 0.15) is 62.9 Å². The van der Waals surface area contributed by atoms with Gasteiger partial charge in [0.05, 0.1) is 0 Å². The number of carbonyl (C=O) groups is 2. The maximum atomic E-state index is 13.4. The van der Waals surface area contributed by atoms with E-state index in [1.165, 1.54) is 6.08 Å².